The first-order chi connectivity index (χ1) is 10.6. The summed E-state index contributed by atoms with van der Waals surface area (Å²) in [5, 5.41) is 17.5. The highest BCUT2D eigenvalue weighted by atomic mass is 19.4. The van der Waals surface area contributed by atoms with Crippen LogP contribution in [0.25, 0.3) is 0 Å². The van der Waals surface area contributed by atoms with Crippen molar-refractivity contribution in [3.05, 3.63) is 59.7 Å². The van der Waals surface area contributed by atoms with Crippen molar-refractivity contribution >= 4 is 11.9 Å². The zero-order valence-electron chi connectivity index (χ0n) is 12.2. The standard InChI is InChI=1S/C9H10O4.C7H5F3/c1-9(8(12)13)4-2-3-6(5-9)7(10)11;8-7(9,10)6-4-2-1-3-5-6/h2-4H,5H2,1H3,(H,10,11)(H,12,13);1-5H. The van der Waals surface area contributed by atoms with E-state index in [0.29, 0.717) is 0 Å². The lowest BCUT2D eigenvalue weighted by Crippen LogP contribution is -2.28. The molecule has 1 aromatic rings. The van der Waals surface area contributed by atoms with Gasteiger partial charge in [-0.3, -0.25) is 4.79 Å². The van der Waals surface area contributed by atoms with E-state index in [2.05, 4.69) is 0 Å². The minimum atomic E-state index is -4.21. The summed E-state index contributed by atoms with van der Waals surface area (Å²) in [7, 11) is 0. The number of halogens is 3. The Balaban J connectivity index is 0.000000238. The van der Waals surface area contributed by atoms with E-state index in [9.17, 15) is 22.8 Å². The van der Waals surface area contributed by atoms with Crippen molar-refractivity contribution in [3.63, 3.8) is 0 Å². The Hall–Kier alpha value is -2.57. The van der Waals surface area contributed by atoms with E-state index in [1.165, 1.54) is 37.3 Å². The van der Waals surface area contributed by atoms with Crippen molar-refractivity contribution in [2.45, 2.75) is 19.5 Å². The van der Waals surface area contributed by atoms with Crippen LogP contribution in [-0.4, -0.2) is 22.2 Å². The molecule has 0 fully saturated rings. The summed E-state index contributed by atoms with van der Waals surface area (Å²) in [6, 6.07) is 6.36. The Labute approximate surface area is 130 Å². The van der Waals surface area contributed by atoms with Gasteiger partial charge in [0.05, 0.1) is 11.0 Å². The predicted molar refractivity (Wildman–Crippen MR) is 76.7 cm³/mol. The lowest BCUT2D eigenvalue weighted by molar-refractivity contribution is -0.145. The summed E-state index contributed by atoms with van der Waals surface area (Å²) in [5.74, 6) is -2.06. The first-order valence-electron chi connectivity index (χ1n) is 6.53. The smallest absolute Gasteiger partial charge is 0.416 e. The summed E-state index contributed by atoms with van der Waals surface area (Å²) >= 11 is 0. The molecule has 2 N–H and O–H groups in total. The molecule has 1 unspecified atom stereocenters. The van der Waals surface area contributed by atoms with Crippen LogP contribution in [0, 0.1) is 5.41 Å². The number of rotatable bonds is 2. The van der Waals surface area contributed by atoms with E-state index in [-0.39, 0.29) is 12.0 Å². The van der Waals surface area contributed by atoms with Crippen molar-refractivity contribution in [1.29, 1.82) is 0 Å². The van der Waals surface area contributed by atoms with Crippen LogP contribution in [0.2, 0.25) is 0 Å². The Morgan fingerprint density at radius 1 is 1.13 bits per heavy atom. The fraction of sp³-hybridized carbons (Fsp3) is 0.250. The van der Waals surface area contributed by atoms with E-state index >= 15 is 0 Å². The summed E-state index contributed by atoms with van der Waals surface area (Å²) in [6.07, 6.45) is 0.227. The topological polar surface area (TPSA) is 74.6 Å². The zero-order chi connectivity index (χ0) is 17.7. The van der Waals surface area contributed by atoms with E-state index in [1.54, 1.807) is 6.07 Å². The molecule has 0 amide bonds. The fourth-order valence-electron chi connectivity index (χ4n) is 1.81. The number of carboxylic acids is 2. The minimum Gasteiger partial charge on any atom is -0.481 e. The molecule has 0 aromatic heterocycles. The van der Waals surface area contributed by atoms with Gasteiger partial charge in [-0.15, -0.1) is 0 Å². The average molecular weight is 328 g/mol. The second-order valence-electron chi connectivity index (χ2n) is 5.12. The molecule has 7 heteroatoms. The Kier molecular flexibility index (Phi) is 5.73. The third kappa shape index (κ3) is 5.28. The molecule has 0 aliphatic heterocycles. The van der Waals surface area contributed by atoms with Gasteiger partial charge in [0.15, 0.2) is 0 Å². The maximum Gasteiger partial charge on any atom is 0.416 e. The van der Waals surface area contributed by atoms with Gasteiger partial charge in [-0.25, -0.2) is 4.79 Å². The highest BCUT2D eigenvalue weighted by Gasteiger charge is 2.34. The quantitative estimate of drug-likeness (QED) is 0.867. The van der Waals surface area contributed by atoms with Crippen LogP contribution in [0.5, 0.6) is 0 Å². The van der Waals surface area contributed by atoms with Gasteiger partial charge in [-0.1, -0.05) is 48.6 Å². The van der Waals surface area contributed by atoms with Gasteiger partial charge in [0.2, 0.25) is 0 Å². The molecule has 0 saturated heterocycles. The van der Waals surface area contributed by atoms with Crippen LogP contribution in [0.15, 0.2) is 54.1 Å². The van der Waals surface area contributed by atoms with Crippen LogP contribution >= 0.6 is 0 Å². The normalized spacial score (nSPS) is 20.1. The van der Waals surface area contributed by atoms with E-state index in [0.717, 1.165) is 12.1 Å². The molecular weight excluding hydrogens is 313 g/mol. The first-order valence-corrected chi connectivity index (χ1v) is 6.53. The van der Waals surface area contributed by atoms with Crippen molar-refractivity contribution in [1.82, 2.24) is 0 Å². The van der Waals surface area contributed by atoms with Gasteiger partial charge in [-0.05, 0) is 13.3 Å². The molecule has 2 rings (SSSR count). The molecule has 0 bridgehead atoms. The maximum atomic E-state index is 11.8. The third-order valence-corrected chi connectivity index (χ3v) is 3.18. The fourth-order valence-corrected chi connectivity index (χ4v) is 1.81. The lowest BCUT2D eigenvalue weighted by Gasteiger charge is -2.23. The van der Waals surface area contributed by atoms with Crippen LogP contribution < -0.4 is 0 Å². The molecule has 0 radical (unpaired) electrons. The Morgan fingerprint density at radius 2 is 1.70 bits per heavy atom. The van der Waals surface area contributed by atoms with Crippen molar-refractivity contribution in [2.75, 3.05) is 0 Å². The monoisotopic (exact) mass is 328 g/mol. The van der Waals surface area contributed by atoms with Crippen LogP contribution in [-0.2, 0) is 15.8 Å². The maximum absolute atomic E-state index is 11.8. The summed E-state index contributed by atoms with van der Waals surface area (Å²) in [6.45, 7) is 1.50. The van der Waals surface area contributed by atoms with Gasteiger partial charge >= 0.3 is 18.1 Å². The van der Waals surface area contributed by atoms with E-state index < -0.39 is 29.1 Å². The molecular formula is C16H15F3O4. The molecule has 124 valence electrons. The molecule has 0 heterocycles. The largest absolute Gasteiger partial charge is 0.481 e. The molecule has 23 heavy (non-hydrogen) atoms. The number of hydrogen-bond donors (Lipinski definition) is 2. The van der Waals surface area contributed by atoms with Gasteiger partial charge in [0, 0.05) is 5.57 Å². The number of aliphatic carboxylic acids is 2. The third-order valence-electron chi connectivity index (χ3n) is 3.18. The second-order valence-corrected chi connectivity index (χ2v) is 5.12. The molecule has 1 aliphatic rings. The molecule has 0 saturated carbocycles. The van der Waals surface area contributed by atoms with Crippen molar-refractivity contribution < 1.29 is 33.0 Å². The number of carboxylic acid groups (broad SMARTS) is 2. The predicted octanol–water partition coefficient (Wildman–Crippen LogP) is 3.75. The van der Waals surface area contributed by atoms with Gasteiger partial charge in [-0.2, -0.15) is 13.2 Å². The summed E-state index contributed by atoms with van der Waals surface area (Å²) in [5.41, 5.74) is -1.55. The minimum absolute atomic E-state index is 0.0359. The Bertz CT molecular complexity index is 632. The van der Waals surface area contributed by atoms with E-state index in [1.807, 2.05) is 0 Å². The average Bonchev–Trinajstić information content (AvgIpc) is 2.48. The lowest BCUT2D eigenvalue weighted by atomic mass is 9.80. The summed E-state index contributed by atoms with van der Waals surface area (Å²) < 4.78 is 35.4. The molecule has 4 nitrogen and oxygen atoms in total. The summed E-state index contributed by atoms with van der Waals surface area (Å²) in [4.78, 5) is 21.3. The number of carbonyl (C=O) groups is 2. The van der Waals surface area contributed by atoms with Gasteiger partial charge in [0.1, 0.15) is 0 Å². The number of allylic oxidation sites excluding steroid dienone is 2. The zero-order valence-corrected chi connectivity index (χ0v) is 12.2. The molecule has 1 aromatic carbocycles. The highest BCUT2D eigenvalue weighted by Crippen LogP contribution is 2.31. The molecule has 1 aliphatic carbocycles. The van der Waals surface area contributed by atoms with E-state index in [4.69, 9.17) is 10.2 Å². The Morgan fingerprint density at radius 3 is 2.09 bits per heavy atom. The number of hydrogen-bond acceptors (Lipinski definition) is 2. The first kappa shape index (κ1) is 18.5. The second kappa shape index (κ2) is 7.13. The SMILES string of the molecule is CC1(C(=O)O)C=CC=C(C(=O)O)C1.FC(F)(F)c1ccccc1. The van der Waals surface area contributed by atoms with Crippen molar-refractivity contribution in [3.8, 4) is 0 Å². The van der Waals surface area contributed by atoms with Gasteiger partial charge in [0.25, 0.3) is 0 Å². The molecule has 0 spiro atoms. The van der Waals surface area contributed by atoms with Crippen LogP contribution in [0.4, 0.5) is 13.2 Å². The number of benzene rings is 1. The van der Waals surface area contributed by atoms with Crippen molar-refractivity contribution in [2.24, 2.45) is 5.41 Å². The van der Waals surface area contributed by atoms with Crippen LogP contribution in [0.3, 0.4) is 0 Å². The van der Waals surface area contributed by atoms with Crippen LogP contribution in [0.1, 0.15) is 18.9 Å². The molecule has 1 atom stereocenters. The van der Waals surface area contributed by atoms with Gasteiger partial charge < -0.3 is 10.2 Å². The number of alkyl halides is 3. The highest BCUT2D eigenvalue weighted by molar-refractivity contribution is 5.90.